The minimum atomic E-state index is 0.0203. The summed E-state index contributed by atoms with van der Waals surface area (Å²) < 4.78 is 0. The van der Waals surface area contributed by atoms with Crippen molar-refractivity contribution in [3.05, 3.63) is 71.9 Å². The van der Waals surface area contributed by atoms with Gasteiger partial charge in [0.25, 0.3) is 0 Å². The molecule has 1 aromatic heterocycles. The number of hydrogen-bond acceptors (Lipinski definition) is 1. The Labute approximate surface area is 155 Å². The normalized spacial score (nSPS) is 21.6. The van der Waals surface area contributed by atoms with Crippen LogP contribution in [0.2, 0.25) is 0 Å². The topological polar surface area (TPSA) is 37.3 Å². The van der Waals surface area contributed by atoms with Crippen molar-refractivity contribution in [2.45, 2.75) is 32.2 Å². The number of nitrogens with one attached hydrogen (secondary N) is 2. The first-order chi connectivity index (χ1) is 12.7. The number of aromatic amines is 1. The van der Waals surface area contributed by atoms with Crippen molar-refractivity contribution in [2.24, 2.45) is 5.92 Å². The van der Waals surface area contributed by atoms with Crippen LogP contribution in [0.1, 0.15) is 35.7 Å². The second kappa shape index (κ2) is 7.46. The first-order valence-electron chi connectivity index (χ1n) is 9.71. The minimum absolute atomic E-state index is 0.0203. The quantitative estimate of drug-likeness (QED) is 0.683. The summed E-state index contributed by atoms with van der Waals surface area (Å²) in [5, 5.41) is 1.04. The van der Waals surface area contributed by atoms with Gasteiger partial charge in [0.15, 0.2) is 0 Å². The van der Waals surface area contributed by atoms with E-state index in [1.807, 2.05) is 30.5 Å². The average Bonchev–Trinajstić information content (AvgIpc) is 3.12. The molecule has 0 bridgehead atoms. The summed E-state index contributed by atoms with van der Waals surface area (Å²) in [6, 6.07) is 18.9. The van der Waals surface area contributed by atoms with Gasteiger partial charge < -0.3 is 9.88 Å². The molecular weight excluding hydrogens is 320 g/mol. The average molecular weight is 347 g/mol. The van der Waals surface area contributed by atoms with E-state index in [2.05, 4.69) is 42.2 Å². The predicted molar refractivity (Wildman–Crippen MR) is 106 cm³/mol. The fourth-order valence-electron chi connectivity index (χ4n) is 4.33. The number of quaternary nitrogens is 1. The molecule has 2 heterocycles. The van der Waals surface area contributed by atoms with Crippen molar-refractivity contribution in [1.29, 1.82) is 0 Å². The lowest BCUT2D eigenvalue weighted by atomic mass is 9.89. The molecule has 3 heteroatoms. The Balaban J connectivity index is 1.39. The van der Waals surface area contributed by atoms with Gasteiger partial charge in [0.2, 0.25) is 5.78 Å². The summed E-state index contributed by atoms with van der Waals surface area (Å²) in [6.45, 7) is 4.27. The van der Waals surface area contributed by atoms with Crippen LogP contribution in [0.5, 0.6) is 0 Å². The number of H-pyrrole nitrogens is 1. The Hall–Kier alpha value is -2.39. The van der Waals surface area contributed by atoms with Gasteiger partial charge >= 0.3 is 0 Å². The van der Waals surface area contributed by atoms with Gasteiger partial charge in [-0.3, -0.25) is 4.79 Å². The Kier molecular flexibility index (Phi) is 4.89. The Bertz CT molecular complexity index is 875. The van der Waals surface area contributed by atoms with E-state index in [9.17, 15) is 4.79 Å². The molecule has 0 spiro atoms. The van der Waals surface area contributed by atoms with Crippen LogP contribution in [0.15, 0.2) is 60.8 Å². The fraction of sp³-hybridized carbons (Fsp3) is 0.348. The highest BCUT2D eigenvalue weighted by Gasteiger charge is 2.31. The number of fused-ring (bicyclic) bond motifs is 1. The number of rotatable bonds is 5. The highest BCUT2D eigenvalue weighted by Crippen LogP contribution is 2.20. The third kappa shape index (κ3) is 3.45. The highest BCUT2D eigenvalue weighted by atomic mass is 16.1. The number of para-hydroxylation sites is 1. The SMILES string of the molecule is C[C@@H](C(=O)c1c[nH]c2ccccc12)[NH+]1CCC(Cc2ccccc2)CC1. The third-order valence-electron chi connectivity index (χ3n) is 5.97. The highest BCUT2D eigenvalue weighted by molar-refractivity contribution is 6.09. The molecule has 1 atom stereocenters. The summed E-state index contributed by atoms with van der Waals surface area (Å²) in [7, 11) is 0. The molecule has 0 aliphatic carbocycles. The van der Waals surface area contributed by atoms with Gasteiger partial charge in [0.1, 0.15) is 6.04 Å². The number of carbonyl (C=O) groups excluding carboxylic acids is 1. The van der Waals surface area contributed by atoms with Gasteiger partial charge in [-0.05, 0) is 43.7 Å². The van der Waals surface area contributed by atoms with Crippen LogP contribution in [-0.4, -0.2) is 29.9 Å². The van der Waals surface area contributed by atoms with Gasteiger partial charge in [-0.1, -0.05) is 48.5 Å². The summed E-state index contributed by atoms with van der Waals surface area (Å²) >= 11 is 0. The summed E-state index contributed by atoms with van der Waals surface area (Å²) in [5.74, 6) is 1.01. The maximum atomic E-state index is 13.1. The molecular formula is C23H27N2O+. The van der Waals surface area contributed by atoms with Crippen molar-refractivity contribution in [3.63, 3.8) is 0 Å². The van der Waals surface area contributed by atoms with Crippen molar-refractivity contribution >= 4 is 16.7 Å². The van der Waals surface area contributed by atoms with Crippen LogP contribution in [0.3, 0.4) is 0 Å². The van der Waals surface area contributed by atoms with E-state index in [4.69, 9.17) is 0 Å². The first-order valence-corrected chi connectivity index (χ1v) is 9.71. The van der Waals surface area contributed by atoms with Crippen molar-refractivity contribution in [2.75, 3.05) is 13.1 Å². The molecule has 2 aromatic carbocycles. The van der Waals surface area contributed by atoms with Crippen molar-refractivity contribution < 1.29 is 9.69 Å². The summed E-state index contributed by atoms with van der Waals surface area (Å²) in [6.07, 6.45) is 5.45. The molecule has 0 saturated carbocycles. The maximum absolute atomic E-state index is 13.1. The molecule has 26 heavy (non-hydrogen) atoms. The summed E-state index contributed by atoms with van der Waals surface area (Å²) in [4.78, 5) is 17.7. The zero-order valence-electron chi connectivity index (χ0n) is 15.4. The lowest BCUT2D eigenvalue weighted by molar-refractivity contribution is -0.919. The standard InChI is InChI=1S/C23H26N2O/c1-17(23(26)21-16-24-22-10-6-5-9-20(21)22)25-13-11-19(12-14-25)15-18-7-3-2-4-8-18/h2-10,16-17,19,24H,11-15H2,1H3/p+1/t17-/m0/s1. The second-order valence-electron chi connectivity index (χ2n) is 7.63. The Morgan fingerprint density at radius 1 is 1.08 bits per heavy atom. The minimum Gasteiger partial charge on any atom is -0.360 e. The summed E-state index contributed by atoms with van der Waals surface area (Å²) in [5.41, 5.74) is 3.32. The van der Waals surface area contributed by atoms with E-state index < -0.39 is 0 Å². The van der Waals surface area contributed by atoms with Crippen molar-refractivity contribution in [3.8, 4) is 0 Å². The predicted octanol–water partition coefficient (Wildman–Crippen LogP) is 3.28. The Morgan fingerprint density at radius 3 is 2.54 bits per heavy atom. The van der Waals surface area contributed by atoms with Gasteiger partial charge in [-0.2, -0.15) is 0 Å². The number of Topliss-reactive ketones (excluding diaryl/α,β-unsaturated/α-hetero) is 1. The molecule has 0 unspecified atom stereocenters. The molecule has 134 valence electrons. The van der Waals surface area contributed by atoms with Crippen LogP contribution in [0.4, 0.5) is 0 Å². The monoisotopic (exact) mass is 347 g/mol. The van der Waals surface area contributed by atoms with E-state index in [-0.39, 0.29) is 11.8 Å². The maximum Gasteiger partial charge on any atom is 0.221 e. The molecule has 3 aromatic rings. The van der Waals surface area contributed by atoms with Crippen LogP contribution < -0.4 is 4.90 Å². The molecule has 2 N–H and O–H groups in total. The van der Waals surface area contributed by atoms with E-state index in [0.717, 1.165) is 35.5 Å². The molecule has 1 aliphatic rings. The van der Waals surface area contributed by atoms with Crippen molar-refractivity contribution in [1.82, 2.24) is 4.98 Å². The van der Waals surface area contributed by atoms with Gasteiger partial charge in [0.05, 0.1) is 13.1 Å². The van der Waals surface area contributed by atoms with Gasteiger partial charge in [0, 0.05) is 22.7 Å². The second-order valence-corrected chi connectivity index (χ2v) is 7.63. The molecule has 3 nitrogen and oxygen atoms in total. The number of likely N-dealkylation sites (tertiary alicyclic amines) is 1. The largest absolute Gasteiger partial charge is 0.360 e. The molecule has 0 radical (unpaired) electrons. The number of piperidine rings is 1. The lowest BCUT2D eigenvalue weighted by Crippen LogP contribution is -3.17. The fourth-order valence-corrected chi connectivity index (χ4v) is 4.33. The van der Waals surface area contributed by atoms with Gasteiger partial charge in [-0.25, -0.2) is 0 Å². The van der Waals surface area contributed by atoms with Crippen LogP contribution >= 0.6 is 0 Å². The van der Waals surface area contributed by atoms with E-state index in [0.29, 0.717) is 0 Å². The van der Waals surface area contributed by atoms with Gasteiger partial charge in [-0.15, -0.1) is 0 Å². The number of hydrogen-bond donors (Lipinski definition) is 2. The molecule has 1 saturated heterocycles. The van der Waals surface area contributed by atoms with E-state index in [1.54, 1.807) is 0 Å². The number of carbonyl (C=O) groups is 1. The Morgan fingerprint density at radius 2 is 1.77 bits per heavy atom. The van der Waals surface area contributed by atoms with E-state index >= 15 is 0 Å². The smallest absolute Gasteiger partial charge is 0.221 e. The first kappa shape index (κ1) is 17.0. The van der Waals surface area contributed by atoms with Crippen LogP contribution in [0.25, 0.3) is 10.9 Å². The van der Waals surface area contributed by atoms with Crippen LogP contribution in [-0.2, 0) is 6.42 Å². The zero-order chi connectivity index (χ0) is 17.9. The zero-order valence-corrected chi connectivity index (χ0v) is 15.4. The molecule has 4 rings (SSSR count). The van der Waals surface area contributed by atoms with E-state index in [1.165, 1.54) is 29.7 Å². The van der Waals surface area contributed by atoms with Crippen LogP contribution in [0, 0.1) is 5.92 Å². The number of aromatic nitrogens is 1. The third-order valence-corrected chi connectivity index (χ3v) is 5.97. The number of ketones is 1. The number of benzene rings is 2. The molecule has 0 amide bonds. The molecule has 1 aliphatic heterocycles. The molecule has 1 fully saturated rings. The lowest BCUT2D eigenvalue weighted by Gasteiger charge is -2.32.